The number of nitrogens with zero attached hydrogens (tertiary/aromatic N) is 6. The molecule has 3 aromatic carbocycles. The number of hydrogen-bond acceptors (Lipinski definition) is 10. The number of benzene rings is 3. The predicted molar refractivity (Wildman–Crippen MR) is 120 cm³/mol. The minimum absolute atomic E-state index is 0.0267. The maximum absolute atomic E-state index is 13.6. The molecule has 3 aromatic rings. The molecule has 0 saturated heterocycles. The van der Waals surface area contributed by atoms with Crippen molar-refractivity contribution in [3.8, 4) is 0 Å². The van der Waals surface area contributed by atoms with Gasteiger partial charge < -0.3 is 20.2 Å². The fourth-order valence-corrected chi connectivity index (χ4v) is 3.50. The molecule has 2 N–H and O–H groups in total. The SMILES string of the molecule is CN(C)CCN=c1ccc(=NO)c2c(=O)c3c(=NCCN(C)C)ccc(=NO)c3c(=O)c12. The fourth-order valence-electron chi connectivity index (χ4n) is 3.50. The van der Waals surface area contributed by atoms with Crippen molar-refractivity contribution < 1.29 is 10.4 Å². The molecular formula is C22H26N6O4. The van der Waals surface area contributed by atoms with Gasteiger partial charge in [0.1, 0.15) is 10.7 Å². The highest BCUT2D eigenvalue weighted by Gasteiger charge is 2.17. The van der Waals surface area contributed by atoms with Crippen molar-refractivity contribution in [3.63, 3.8) is 0 Å². The van der Waals surface area contributed by atoms with Crippen LogP contribution in [-0.2, 0) is 0 Å². The van der Waals surface area contributed by atoms with E-state index < -0.39 is 10.9 Å². The van der Waals surface area contributed by atoms with Gasteiger partial charge in [-0.05, 0) is 52.5 Å². The molecule has 0 heterocycles. The Hall–Kier alpha value is -3.50. The Kier molecular flexibility index (Phi) is 7.06. The number of hydrogen-bond donors (Lipinski definition) is 2. The van der Waals surface area contributed by atoms with Crippen LogP contribution in [0.25, 0.3) is 21.5 Å². The molecule has 0 fully saturated rings. The molecule has 0 aromatic heterocycles. The van der Waals surface area contributed by atoms with Gasteiger partial charge in [-0.2, -0.15) is 0 Å². The molecule has 10 heteroatoms. The van der Waals surface area contributed by atoms with E-state index in [1.165, 1.54) is 12.1 Å². The molecule has 0 atom stereocenters. The molecule has 32 heavy (non-hydrogen) atoms. The molecule has 0 aliphatic carbocycles. The van der Waals surface area contributed by atoms with Crippen LogP contribution in [-0.4, -0.2) is 74.6 Å². The van der Waals surface area contributed by atoms with Crippen molar-refractivity contribution in [3.05, 3.63) is 66.1 Å². The first-order chi connectivity index (χ1) is 15.3. The van der Waals surface area contributed by atoms with Crippen LogP contribution >= 0.6 is 0 Å². The Morgan fingerprint density at radius 3 is 1.25 bits per heavy atom. The first-order valence-corrected chi connectivity index (χ1v) is 10.1. The van der Waals surface area contributed by atoms with Crippen LogP contribution in [0.2, 0.25) is 0 Å². The van der Waals surface area contributed by atoms with Gasteiger partial charge in [-0.25, -0.2) is 0 Å². The van der Waals surface area contributed by atoms with Gasteiger partial charge in [-0.15, -0.1) is 0 Å². The van der Waals surface area contributed by atoms with Crippen molar-refractivity contribution in [1.29, 1.82) is 0 Å². The molecule has 0 radical (unpaired) electrons. The van der Waals surface area contributed by atoms with Gasteiger partial charge in [0, 0.05) is 13.1 Å². The lowest BCUT2D eigenvalue weighted by molar-refractivity contribution is 0.302. The first kappa shape index (κ1) is 23.2. The highest BCUT2D eigenvalue weighted by molar-refractivity contribution is 5.97. The van der Waals surface area contributed by atoms with Crippen LogP contribution in [0.4, 0.5) is 0 Å². The zero-order chi connectivity index (χ0) is 23.4. The summed E-state index contributed by atoms with van der Waals surface area (Å²) in [6.45, 7) is 2.10. The maximum atomic E-state index is 13.6. The molecule has 3 rings (SSSR count). The molecule has 168 valence electrons. The second kappa shape index (κ2) is 9.75. The third-order valence-corrected chi connectivity index (χ3v) is 5.11. The van der Waals surface area contributed by atoms with Gasteiger partial charge in [0.05, 0.1) is 45.3 Å². The van der Waals surface area contributed by atoms with Crippen LogP contribution in [0.5, 0.6) is 0 Å². The molecule has 0 spiro atoms. The minimum Gasteiger partial charge on any atom is -0.410 e. The summed E-state index contributed by atoms with van der Waals surface area (Å²) in [4.78, 5) is 40.0. The molecular weight excluding hydrogens is 412 g/mol. The van der Waals surface area contributed by atoms with Gasteiger partial charge in [-0.1, -0.05) is 10.3 Å². The molecule has 0 unspecified atom stereocenters. The van der Waals surface area contributed by atoms with Crippen molar-refractivity contribution in [2.45, 2.75) is 0 Å². The zero-order valence-electron chi connectivity index (χ0n) is 18.5. The summed E-state index contributed by atoms with van der Waals surface area (Å²) in [6, 6.07) is 5.99. The van der Waals surface area contributed by atoms with E-state index >= 15 is 0 Å². The summed E-state index contributed by atoms with van der Waals surface area (Å²) in [7, 11) is 7.61. The normalized spacial score (nSPS) is 14.7. The third kappa shape index (κ3) is 4.41. The van der Waals surface area contributed by atoms with E-state index in [1.807, 2.05) is 38.0 Å². The highest BCUT2D eigenvalue weighted by Crippen LogP contribution is 2.02. The molecule has 0 amide bonds. The Labute approximate surface area is 183 Å². The van der Waals surface area contributed by atoms with Crippen LogP contribution in [0.1, 0.15) is 0 Å². The summed E-state index contributed by atoms with van der Waals surface area (Å²) >= 11 is 0. The smallest absolute Gasteiger partial charge is 0.199 e. The second-order valence-corrected chi connectivity index (χ2v) is 7.94. The van der Waals surface area contributed by atoms with Crippen LogP contribution < -0.4 is 32.3 Å². The van der Waals surface area contributed by atoms with E-state index in [1.54, 1.807) is 12.1 Å². The van der Waals surface area contributed by atoms with Crippen LogP contribution in [0.15, 0.2) is 54.2 Å². The number of rotatable bonds is 6. The van der Waals surface area contributed by atoms with Crippen molar-refractivity contribution in [2.75, 3.05) is 54.4 Å². The van der Waals surface area contributed by atoms with Crippen LogP contribution in [0.3, 0.4) is 0 Å². The quantitative estimate of drug-likeness (QED) is 0.275. The van der Waals surface area contributed by atoms with Crippen molar-refractivity contribution >= 4 is 21.5 Å². The summed E-state index contributed by atoms with van der Waals surface area (Å²) in [5, 5.41) is 26.0. The van der Waals surface area contributed by atoms with Gasteiger partial charge >= 0.3 is 0 Å². The molecule has 0 saturated carbocycles. The average molecular weight is 438 g/mol. The van der Waals surface area contributed by atoms with Gasteiger partial charge in [0.2, 0.25) is 0 Å². The standard InChI is InChI=1S/C22H26N6O4/c1-27(2)11-9-23-13-5-7-15(25-31)19-17(13)21(29)20-16(26-32)8-6-14(18(20)22(19)30)24-10-12-28(3)4/h5-8,31-32H,9-12H2,1-4H3. The second-order valence-electron chi connectivity index (χ2n) is 7.94. The Morgan fingerprint density at radius 1 is 0.625 bits per heavy atom. The zero-order valence-corrected chi connectivity index (χ0v) is 18.5. The fraction of sp³-hybridized carbons (Fsp3) is 0.364. The largest absolute Gasteiger partial charge is 0.410 e. The van der Waals surface area contributed by atoms with Gasteiger partial charge in [-0.3, -0.25) is 19.6 Å². The van der Waals surface area contributed by atoms with E-state index in [0.717, 1.165) is 0 Å². The molecule has 0 aliphatic heterocycles. The number of fused-ring (bicyclic) bond motifs is 2. The van der Waals surface area contributed by atoms with E-state index in [9.17, 15) is 20.0 Å². The monoisotopic (exact) mass is 438 g/mol. The summed E-state index contributed by atoms with van der Waals surface area (Å²) in [6.07, 6.45) is 0. The topological polar surface area (TPSA) is 131 Å². The van der Waals surface area contributed by atoms with Crippen LogP contribution in [0, 0.1) is 0 Å². The summed E-state index contributed by atoms with van der Waals surface area (Å²) < 4.78 is 0. The lowest BCUT2D eigenvalue weighted by atomic mass is 10.00. The Morgan fingerprint density at radius 2 is 0.938 bits per heavy atom. The Bertz CT molecular complexity index is 1390. The molecule has 0 bridgehead atoms. The Balaban J connectivity index is 2.55. The predicted octanol–water partition coefficient (Wildman–Crippen LogP) is -1.47. The minimum atomic E-state index is -0.527. The van der Waals surface area contributed by atoms with E-state index in [-0.39, 0.29) is 32.3 Å². The summed E-state index contributed by atoms with van der Waals surface area (Å²) in [5.41, 5.74) is -1.05. The first-order valence-electron chi connectivity index (χ1n) is 10.1. The van der Waals surface area contributed by atoms with E-state index in [0.29, 0.717) is 36.9 Å². The van der Waals surface area contributed by atoms with Crippen molar-refractivity contribution in [2.24, 2.45) is 20.3 Å². The third-order valence-electron chi connectivity index (χ3n) is 5.11. The van der Waals surface area contributed by atoms with Crippen molar-refractivity contribution in [1.82, 2.24) is 9.80 Å². The summed E-state index contributed by atoms with van der Waals surface area (Å²) in [5.74, 6) is 0. The van der Waals surface area contributed by atoms with E-state index in [2.05, 4.69) is 20.3 Å². The average Bonchev–Trinajstić information content (AvgIpc) is 2.76. The molecule has 0 aliphatic rings. The lowest BCUT2D eigenvalue weighted by Crippen LogP contribution is -2.33. The maximum Gasteiger partial charge on any atom is 0.199 e. The molecule has 10 nitrogen and oxygen atoms in total. The highest BCUT2D eigenvalue weighted by atomic mass is 16.4. The van der Waals surface area contributed by atoms with Gasteiger partial charge in [0.15, 0.2) is 10.9 Å². The number of likely N-dealkylation sites (N-methyl/N-ethyl adjacent to an activating group) is 2. The van der Waals surface area contributed by atoms with Gasteiger partial charge in [0.25, 0.3) is 0 Å². The lowest BCUT2D eigenvalue weighted by Gasteiger charge is -2.07. The van der Waals surface area contributed by atoms with E-state index in [4.69, 9.17) is 0 Å².